The van der Waals surface area contributed by atoms with E-state index in [1.54, 1.807) is 0 Å². The Kier molecular flexibility index (Phi) is 17.8. The summed E-state index contributed by atoms with van der Waals surface area (Å²) >= 11 is 5.71. The fraction of sp³-hybridized carbons (Fsp3) is 0.667. The van der Waals surface area contributed by atoms with E-state index >= 15 is 0 Å². The first-order valence-corrected chi connectivity index (χ1v) is 4.97. The molecule has 0 amide bonds. The molecule has 0 saturated heterocycles. The zero-order chi connectivity index (χ0) is 12.3. The van der Waals surface area contributed by atoms with Crippen molar-refractivity contribution in [2.24, 2.45) is 0 Å². The Morgan fingerprint density at radius 3 is 1.07 bits per heavy atom. The molecule has 86 valence electrons. The van der Waals surface area contributed by atoms with Crippen LogP contribution < -0.4 is 0 Å². The molecule has 0 atom stereocenters. The van der Waals surface area contributed by atoms with Crippen molar-refractivity contribution in [3.05, 3.63) is 0 Å². The highest BCUT2D eigenvalue weighted by atomic mass is 79.9. The average molecular weight is 340 g/mol. The fourth-order valence-electron chi connectivity index (χ4n) is 0. The van der Waals surface area contributed by atoms with E-state index in [4.69, 9.17) is 30.0 Å². The molecule has 0 spiro atoms. The Bertz CT molecular complexity index is 132. The van der Waals surface area contributed by atoms with Crippen molar-refractivity contribution >= 4 is 43.8 Å². The Morgan fingerprint density at radius 2 is 1.07 bits per heavy atom. The maximum atomic E-state index is 9.00. The number of halogens is 2. The van der Waals surface area contributed by atoms with Crippen molar-refractivity contribution in [1.82, 2.24) is 0 Å². The minimum absolute atomic E-state index is 0.412. The second-order valence-corrected chi connectivity index (χ2v) is 4.99. The van der Waals surface area contributed by atoms with Gasteiger partial charge in [-0.05, 0) is 0 Å². The molecular formula is C6H12Br2O6. The second-order valence-electron chi connectivity index (χ2n) is 1.79. The van der Waals surface area contributed by atoms with Gasteiger partial charge in [0.25, 0.3) is 11.9 Å². The molecule has 0 heterocycles. The number of aliphatic hydroxyl groups is 2. The van der Waals surface area contributed by atoms with E-state index in [1.807, 2.05) is 0 Å². The number of aliphatic carboxylic acids is 2. The molecule has 0 aromatic carbocycles. The van der Waals surface area contributed by atoms with Gasteiger partial charge in [-0.3, -0.25) is 9.59 Å². The molecule has 0 radical (unpaired) electrons. The summed E-state index contributed by atoms with van der Waals surface area (Å²) in [6.07, 6.45) is -1.31. The number of rotatable bonds is 1. The summed E-state index contributed by atoms with van der Waals surface area (Å²) < 4.78 is -0.412. The Hall–Kier alpha value is -0.180. The summed E-state index contributed by atoms with van der Waals surface area (Å²) in [5.41, 5.74) is 0. The van der Waals surface area contributed by atoms with Crippen molar-refractivity contribution in [2.45, 2.75) is 23.9 Å². The van der Waals surface area contributed by atoms with Crippen LogP contribution in [-0.4, -0.2) is 42.4 Å². The van der Waals surface area contributed by atoms with Gasteiger partial charge >= 0.3 is 0 Å². The number of carboxylic acids is 2. The summed E-state index contributed by atoms with van der Waals surface area (Å²) in [6, 6.07) is 0. The maximum absolute atomic E-state index is 9.00. The lowest BCUT2D eigenvalue weighted by Crippen LogP contribution is -2.11. The van der Waals surface area contributed by atoms with Crippen molar-refractivity contribution in [3.8, 4) is 0 Å². The van der Waals surface area contributed by atoms with Crippen molar-refractivity contribution < 1.29 is 30.0 Å². The van der Waals surface area contributed by atoms with Gasteiger partial charge in [-0.2, -0.15) is 0 Å². The van der Waals surface area contributed by atoms with Crippen LogP contribution in [0.3, 0.4) is 0 Å². The van der Waals surface area contributed by atoms with Gasteiger partial charge < -0.3 is 20.4 Å². The third-order valence-corrected chi connectivity index (χ3v) is 1.17. The molecule has 0 aliphatic carbocycles. The van der Waals surface area contributed by atoms with Crippen LogP contribution in [0.2, 0.25) is 0 Å². The lowest BCUT2D eigenvalue weighted by atomic mass is 10.8. The Morgan fingerprint density at radius 1 is 1.00 bits per heavy atom. The summed E-state index contributed by atoms with van der Waals surface area (Å²) in [4.78, 5) is 18.0. The molecule has 0 unspecified atom stereocenters. The molecule has 0 aliphatic heterocycles. The van der Waals surface area contributed by atoms with Crippen molar-refractivity contribution in [3.63, 3.8) is 0 Å². The number of alkyl halides is 2. The van der Waals surface area contributed by atoms with Gasteiger partial charge in [0.1, 0.15) is 3.74 Å². The predicted octanol–water partition coefficient (Wildman–Crippen LogP) is 0.595. The number of hydrogen-bond donors (Lipinski definition) is 4. The predicted molar refractivity (Wildman–Crippen MR) is 56.5 cm³/mol. The standard InChI is InChI=1S/C2H4Br2O2.2C2H4O2/c3-1(4)2(5)6;2*1-2(3)4/h1-2,5-6H;2*1H3,(H,3,4). The summed E-state index contributed by atoms with van der Waals surface area (Å²) in [6.45, 7) is 2.17. The Balaban J connectivity index is -0.000000135. The molecule has 4 N–H and O–H groups in total. The molecule has 0 aromatic heterocycles. The number of hydrogen-bond acceptors (Lipinski definition) is 4. The minimum atomic E-state index is -1.31. The van der Waals surface area contributed by atoms with Gasteiger partial charge in [-0.15, -0.1) is 0 Å². The maximum Gasteiger partial charge on any atom is 0.300 e. The molecule has 0 fully saturated rings. The number of aliphatic hydroxyl groups excluding tert-OH is 1. The van der Waals surface area contributed by atoms with Crippen LogP contribution in [0.5, 0.6) is 0 Å². The number of carbonyl (C=O) groups is 2. The molecule has 0 aromatic rings. The molecule has 0 aliphatic rings. The summed E-state index contributed by atoms with van der Waals surface area (Å²) in [5, 5.41) is 31.0. The average Bonchev–Trinajstić information content (AvgIpc) is 1.83. The molecule has 14 heavy (non-hydrogen) atoms. The third-order valence-electron chi connectivity index (χ3n) is 0.225. The van der Waals surface area contributed by atoms with Crippen LogP contribution >= 0.6 is 31.9 Å². The fourth-order valence-corrected chi connectivity index (χ4v) is 0. The number of carboxylic acid groups (broad SMARTS) is 2. The second kappa shape index (κ2) is 12.8. The molecule has 6 nitrogen and oxygen atoms in total. The van der Waals surface area contributed by atoms with E-state index in [9.17, 15) is 0 Å². The van der Waals surface area contributed by atoms with E-state index in [2.05, 4.69) is 31.9 Å². The van der Waals surface area contributed by atoms with Crippen LogP contribution in [-0.2, 0) is 9.59 Å². The van der Waals surface area contributed by atoms with Gasteiger partial charge in [0.2, 0.25) is 0 Å². The van der Waals surface area contributed by atoms with Gasteiger partial charge in [0.15, 0.2) is 6.29 Å². The van der Waals surface area contributed by atoms with Gasteiger partial charge in [0, 0.05) is 13.8 Å². The van der Waals surface area contributed by atoms with E-state index in [0.29, 0.717) is 0 Å². The van der Waals surface area contributed by atoms with Gasteiger partial charge in [-0.1, -0.05) is 31.9 Å². The Labute approximate surface area is 97.8 Å². The lowest BCUT2D eigenvalue weighted by molar-refractivity contribution is -0.135. The van der Waals surface area contributed by atoms with Gasteiger partial charge in [0.05, 0.1) is 0 Å². The van der Waals surface area contributed by atoms with E-state index < -0.39 is 22.0 Å². The van der Waals surface area contributed by atoms with Crippen LogP contribution in [0.15, 0.2) is 0 Å². The molecule has 0 saturated carbocycles. The topological polar surface area (TPSA) is 115 Å². The van der Waals surface area contributed by atoms with Crippen LogP contribution in [0, 0.1) is 0 Å². The zero-order valence-corrected chi connectivity index (χ0v) is 10.7. The lowest BCUT2D eigenvalue weighted by Gasteiger charge is -1.99. The quantitative estimate of drug-likeness (QED) is 0.410. The first-order chi connectivity index (χ1) is 6.11. The highest BCUT2D eigenvalue weighted by Crippen LogP contribution is 2.09. The summed E-state index contributed by atoms with van der Waals surface area (Å²) in [7, 11) is 0. The summed E-state index contributed by atoms with van der Waals surface area (Å²) in [5.74, 6) is -1.67. The highest BCUT2D eigenvalue weighted by Gasteiger charge is 2.04. The molecular weight excluding hydrogens is 328 g/mol. The molecule has 0 rings (SSSR count). The van der Waals surface area contributed by atoms with Crippen LogP contribution in [0.1, 0.15) is 13.8 Å². The van der Waals surface area contributed by atoms with Crippen molar-refractivity contribution in [1.29, 1.82) is 0 Å². The SMILES string of the molecule is CC(=O)O.CC(=O)O.OC(O)C(Br)Br. The van der Waals surface area contributed by atoms with Gasteiger partial charge in [-0.25, -0.2) is 0 Å². The zero-order valence-electron chi connectivity index (χ0n) is 7.52. The van der Waals surface area contributed by atoms with Crippen LogP contribution in [0.4, 0.5) is 0 Å². The first-order valence-electron chi connectivity index (χ1n) is 3.14. The van der Waals surface area contributed by atoms with Crippen molar-refractivity contribution in [2.75, 3.05) is 0 Å². The monoisotopic (exact) mass is 338 g/mol. The third kappa shape index (κ3) is 94.8. The molecule has 0 bridgehead atoms. The first kappa shape index (κ1) is 19.4. The highest BCUT2D eigenvalue weighted by molar-refractivity contribution is 9.24. The smallest absolute Gasteiger partial charge is 0.300 e. The molecule has 8 heteroatoms. The van der Waals surface area contributed by atoms with Crippen LogP contribution in [0.25, 0.3) is 0 Å². The largest absolute Gasteiger partial charge is 0.481 e. The van der Waals surface area contributed by atoms with E-state index in [-0.39, 0.29) is 0 Å². The minimum Gasteiger partial charge on any atom is -0.481 e. The normalized spacial score (nSPS) is 8.29. The van der Waals surface area contributed by atoms with E-state index in [1.165, 1.54) is 0 Å². The van der Waals surface area contributed by atoms with E-state index in [0.717, 1.165) is 13.8 Å².